The Bertz CT molecular complexity index is 1210. The average molecular weight is 410 g/mol. The van der Waals surface area contributed by atoms with Gasteiger partial charge in [0.1, 0.15) is 0 Å². The second-order valence-electron chi connectivity index (χ2n) is 7.36. The van der Waals surface area contributed by atoms with Gasteiger partial charge >= 0.3 is 6.18 Å². The van der Waals surface area contributed by atoms with E-state index in [0.29, 0.717) is 40.0 Å². The van der Waals surface area contributed by atoms with E-state index in [-0.39, 0.29) is 0 Å². The Morgan fingerprint density at radius 1 is 1.10 bits per heavy atom. The summed E-state index contributed by atoms with van der Waals surface area (Å²) in [5.41, 5.74) is 1.69. The molecule has 3 aromatic heterocycles. The summed E-state index contributed by atoms with van der Waals surface area (Å²) in [5.74, 6) is 1.14. The highest BCUT2D eigenvalue weighted by Crippen LogP contribution is 2.36. The van der Waals surface area contributed by atoms with Gasteiger partial charge in [-0.05, 0) is 43.0 Å². The summed E-state index contributed by atoms with van der Waals surface area (Å²) < 4.78 is 39.8. The lowest BCUT2D eigenvalue weighted by atomic mass is 10.0. The van der Waals surface area contributed by atoms with E-state index in [1.807, 2.05) is 6.07 Å². The zero-order valence-electron chi connectivity index (χ0n) is 15.7. The van der Waals surface area contributed by atoms with Crippen molar-refractivity contribution < 1.29 is 13.2 Å². The van der Waals surface area contributed by atoms with E-state index < -0.39 is 11.7 Å². The first-order valence-corrected chi connectivity index (χ1v) is 9.56. The van der Waals surface area contributed by atoms with Gasteiger partial charge in [-0.3, -0.25) is 5.10 Å². The first-order valence-electron chi connectivity index (χ1n) is 9.56. The van der Waals surface area contributed by atoms with Crippen molar-refractivity contribution in [2.45, 2.75) is 19.0 Å². The molecule has 3 heterocycles. The largest absolute Gasteiger partial charge is 0.416 e. The zero-order chi connectivity index (χ0) is 20.7. The van der Waals surface area contributed by atoms with Crippen molar-refractivity contribution >= 4 is 17.0 Å². The molecule has 1 aromatic carbocycles. The molecule has 1 fully saturated rings. The maximum Gasteiger partial charge on any atom is 0.416 e. The Kier molecular flexibility index (Phi) is 4.38. The first kappa shape index (κ1) is 18.5. The number of alkyl halides is 3. The lowest BCUT2D eigenvalue weighted by Crippen LogP contribution is -2.07. The first-order chi connectivity index (χ1) is 14.5. The molecule has 0 bridgehead atoms. The van der Waals surface area contributed by atoms with Crippen LogP contribution in [0.25, 0.3) is 33.5 Å². The number of halogens is 3. The number of rotatable bonds is 5. The van der Waals surface area contributed by atoms with Crippen LogP contribution >= 0.6 is 0 Å². The Balaban J connectivity index is 1.62. The molecule has 1 saturated carbocycles. The van der Waals surface area contributed by atoms with Crippen LogP contribution in [0.3, 0.4) is 0 Å². The molecular formula is C21H17F3N6. The quantitative estimate of drug-likeness (QED) is 0.488. The van der Waals surface area contributed by atoms with Gasteiger partial charge in [-0.15, -0.1) is 0 Å². The minimum Gasteiger partial charge on any atom is -0.354 e. The molecule has 4 aromatic rings. The minimum absolute atomic E-state index is 0.349. The molecule has 5 rings (SSSR count). The van der Waals surface area contributed by atoms with Gasteiger partial charge in [0.25, 0.3) is 0 Å². The highest BCUT2D eigenvalue weighted by atomic mass is 19.4. The normalized spacial score (nSPS) is 14.2. The highest BCUT2D eigenvalue weighted by molar-refractivity contribution is 5.89. The summed E-state index contributed by atoms with van der Waals surface area (Å²) in [7, 11) is 0. The third-order valence-electron chi connectivity index (χ3n) is 5.07. The minimum atomic E-state index is -4.44. The second-order valence-corrected chi connectivity index (χ2v) is 7.36. The van der Waals surface area contributed by atoms with Gasteiger partial charge in [0.15, 0.2) is 5.65 Å². The number of hydrogen-bond acceptors (Lipinski definition) is 5. The number of nitrogens with zero attached hydrogens (tertiary/aromatic N) is 4. The lowest BCUT2D eigenvalue weighted by molar-refractivity contribution is -0.137. The molecule has 30 heavy (non-hydrogen) atoms. The summed E-state index contributed by atoms with van der Waals surface area (Å²) in [6.07, 6.45) is 1.21. The van der Waals surface area contributed by atoms with Gasteiger partial charge in [-0.25, -0.2) is 15.0 Å². The average Bonchev–Trinajstić information content (AvgIpc) is 3.46. The number of H-pyrrole nitrogens is 1. The molecule has 0 amide bonds. The summed E-state index contributed by atoms with van der Waals surface area (Å²) in [4.78, 5) is 13.4. The van der Waals surface area contributed by atoms with E-state index in [0.717, 1.165) is 24.1 Å². The Morgan fingerprint density at radius 3 is 2.77 bits per heavy atom. The van der Waals surface area contributed by atoms with E-state index >= 15 is 0 Å². The van der Waals surface area contributed by atoms with Gasteiger partial charge in [-0.2, -0.15) is 18.3 Å². The van der Waals surface area contributed by atoms with E-state index in [1.165, 1.54) is 18.9 Å². The second kappa shape index (κ2) is 7.08. The van der Waals surface area contributed by atoms with Crippen molar-refractivity contribution in [2.24, 2.45) is 5.92 Å². The molecule has 1 aliphatic rings. The van der Waals surface area contributed by atoms with Crippen molar-refractivity contribution in [1.82, 2.24) is 25.1 Å². The Hall–Kier alpha value is -3.49. The molecule has 6 nitrogen and oxygen atoms in total. The summed E-state index contributed by atoms with van der Waals surface area (Å²) in [6, 6.07) is 8.68. The van der Waals surface area contributed by atoms with Crippen LogP contribution in [0.15, 0.2) is 48.8 Å². The van der Waals surface area contributed by atoms with Crippen LogP contribution in [0.1, 0.15) is 18.4 Å². The van der Waals surface area contributed by atoms with Crippen LogP contribution in [-0.4, -0.2) is 31.7 Å². The van der Waals surface area contributed by atoms with Gasteiger partial charge < -0.3 is 5.32 Å². The molecule has 0 spiro atoms. The SMILES string of the molecule is FC(F)(F)c1cccc(-c2nc3[nH]ncc3cc2-c2ccnc(NCC3CC3)n2)c1. The molecular weight excluding hydrogens is 393 g/mol. The van der Waals surface area contributed by atoms with Crippen molar-refractivity contribution in [1.29, 1.82) is 0 Å². The molecule has 152 valence electrons. The topological polar surface area (TPSA) is 79.4 Å². The number of nitrogens with one attached hydrogen (secondary N) is 2. The van der Waals surface area contributed by atoms with Gasteiger partial charge in [0.05, 0.1) is 23.1 Å². The van der Waals surface area contributed by atoms with E-state index in [1.54, 1.807) is 24.5 Å². The number of aromatic nitrogens is 5. The van der Waals surface area contributed by atoms with Crippen LogP contribution in [0.4, 0.5) is 19.1 Å². The molecule has 0 saturated heterocycles. The van der Waals surface area contributed by atoms with Gasteiger partial charge in [0, 0.05) is 29.3 Å². The third kappa shape index (κ3) is 3.70. The number of anilines is 1. The fourth-order valence-corrected chi connectivity index (χ4v) is 3.29. The van der Waals surface area contributed by atoms with Gasteiger partial charge in [0.2, 0.25) is 5.95 Å². The molecule has 0 unspecified atom stereocenters. The van der Waals surface area contributed by atoms with Gasteiger partial charge in [-0.1, -0.05) is 12.1 Å². The number of aromatic amines is 1. The molecule has 9 heteroatoms. The third-order valence-corrected chi connectivity index (χ3v) is 5.07. The van der Waals surface area contributed by atoms with Crippen LogP contribution in [0.5, 0.6) is 0 Å². The van der Waals surface area contributed by atoms with Crippen molar-refractivity contribution in [3.8, 4) is 22.5 Å². The molecule has 0 radical (unpaired) electrons. The predicted octanol–water partition coefficient (Wildman–Crippen LogP) is 4.92. The molecule has 0 atom stereocenters. The van der Waals surface area contributed by atoms with Crippen LogP contribution in [-0.2, 0) is 6.18 Å². The maximum atomic E-state index is 13.3. The molecule has 0 aliphatic heterocycles. The van der Waals surface area contributed by atoms with Crippen molar-refractivity contribution in [2.75, 3.05) is 11.9 Å². The summed E-state index contributed by atoms with van der Waals surface area (Å²) >= 11 is 0. The number of hydrogen-bond donors (Lipinski definition) is 2. The lowest BCUT2D eigenvalue weighted by Gasteiger charge is -2.12. The maximum absolute atomic E-state index is 13.3. The Morgan fingerprint density at radius 2 is 1.97 bits per heavy atom. The number of fused-ring (bicyclic) bond motifs is 1. The van der Waals surface area contributed by atoms with Crippen LogP contribution < -0.4 is 5.32 Å². The standard InChI is InChI=1S/C21H17F3N6/c22-21(23,24)15-3-1-2-13(8-15)18-16(9-14-11-27-30-19(14)29-18)17-6-7-25-20(28-17)26-10-12-4-5-12/h1-3,6-9,11-12H,4-5,10H2,(H,25,26,28)(H,27,29,30). The summed E-state index contributed by atoms with van der Waals surface area (Å²) in [5, 5.41) is 10.7. The predicted molar refractivity (Wildman–Crippen MR) is 107 cm³/mol. The van der Waals surface area contributed by atoms with E-state index in [9.17, 15) is 13.2 Å². The molecule has 2 N–H and O–H groups in total. The Labute approximate surface area is 169 Å². The summed E-state index contributed by atoms with van der Waals surface area (Å²) in [6.45, 7) is 0.808. The van der Waals surface area contributed by atoms with Crippen LogP contribution in [0, 0.1) is 5.92 Å². The molecule has 1 aliphatic carbocycles. The number of pyridine rings is 1. The van der Waals surface area contributed by atoms with Crippen LogP contribution in [0.2, 0.25) is 0 Å². The number of benzene rings is 1. The van der Waals surface area contributed by atoms with E-state index in [4.69, 9.17) is 0 Å². The fraction of sp³-hybridized carbons (Fsp3) is 0.238. The smallest absolute Gasteiger partial charge is 0.354 e. The fourth-order valence-electron chi connectivity index (χ4n) is 3.29. The van der Waals surface area contributed by atoms with Crippen molar-refractivity contribution in [3.63, 3.8) is 0 Å². The monoisotopic (exact) mass is 410 g/mol. The highest BCUT2D eigenvalue weighted by Gasteiger charge is 2.31. The van der Waals surface area contributed by atoms with Crippen molar-refractivity contribution in [3.05, 3.63) is 54.4 Å². The van der Waals surface area contributed by atoms with E-state index in [2.05, 4.69) is 30.5 Å². The zero-order valence-corrected chi connectivity index (χ0v) is 15.7.